The van der Waals surface area contributed by atoms with Crippen LogP contribution in [0.2, 0.25) is 5.02 Å². The van der Waals surface area contributed by atoms with Gasteiger partial charge in [-0.2, -0.15) is 0 Å². The minimum atomic E-state index is -0.417. The lowest BCUT2D eigenvalue weighted by atomic mass is 10.2. The zero-order valence-electron chi connectivity index (χ0n) is 7.51. The number of carbonyl (C=O) groups is 1. The van der Waals surface area contributed by atoms with E-state index in [1.54, 1.807) is 19.1 Å². The number of halogens is 2. The van der Waals surface area contributed by atoms with Gasteiger partial charge in [0.1, 0.15) is 0 Å². The summed E-state index contributed by atoms with van der Waals surface area (Å²) in [5.74, 6) is -0.417. The van der Waals surface area contributed by atoms with Crippen LogP contribution in [0.15, 0.2) is 12.1 Å². The lowest BCUT2D eigenvalue weighted by Crippen LogP contribution is -2.08. The van der Waals surface area contributed by atoms with E-state index < -0.39 is 5.97 Å². The van der Waals surface area contributed by atoms with Crippen LogP contribution in [0.4, 0.5) is 5.69 Å². The summed E-state index contributed by atoms with van der Waals surface area (Å²) in [5, 5.41) is 0.538. The molecule has 1 rings (SSSR count). The number of nitrogen functional groups attached to an aromatic ring is 1. The summed E-state index contributed by atoms with van der Waals surface area (Å²) in [7, 11) is 0. The van der Waals surface area contributed by atoms with Gasteiger partial charge in [-0.25, -0.2) is 4.79 Å². The van der Waals surface area contributed by atoms with Crippen LogP contribution >= 0.6 is 34.2 Å². The smallest absolute Gasteiger partial charge is 0.340 e. The topological polar surface area (TPSA) is 52.3 Å². The molecule has 14 heavy (non-hydrogen) atoms. The molecule has 0 aromatic heterocycles. The van der Waals surface area contributed by atoms with Gasteiger partial charge in [0, 0.05) is 9.26 Å². The van der Waals surface area contributed by atoms with Gasteiger partial charge in [-0.15, -0.1) is 0 Å². The van der Waals surface area contributed by atoms with Crippen molar-refractivity contribution in [1.82, 2.24) is 0 Å². The Labute approximate surface area is 101 Å². The van der Waals surface area contributed by atoms with Crippen molar-refractivity contribution in [3.63, 3.8) is 0 Å². The standard InChI is InChI=1S/C9H9ClINO2/c1-2-14-9(13)5-3-7(11)6(10)4-8(5)12/h3-4H,2,12H2,1H3. The lowest BCUT2D eigenvalue weighted by molar-refractivity contribution is 0.0527. The summed E-state index contributed by atoms with van der Waals surface area (Å²) >= 11 is 7.86. The van der Waals surface area contributed by atoms with E-state index in [2.05, 4.69) is 0 Å². The molecule has 0 atom stereocenters. The molecular formula is C9H9ClINO2. The van der Waals surface area contributed by atoms with Crippen molar-refractivity contribution in [2.24, 2.45) is 0 Å². The Hall–Kier alpha value is -0.490. The van der Waals surface area contributed by atoms with Crippen molar-refractivity contribution in [2.45, 2.75) is 6.92 Å². The number of hydrogen-bond acceptors (Lipinski definition) is 3. The third-order valence-corrected chi connectivity index (χ3v) is 3.11. The van der Waals surface area contributed by atoms with E-state index in [-0.39, 0.29) is 0 Å². The SMILES string of the molecule is CCOC(=O)c1cc(I)c(Cl)cc1N. The van der Waals surface area contributed by atoms with Crippen LogP contribution < -0.4 is 5.73 Å². The van der Waals surface area contributed by atoms with Gasteiger partial charge in [-0.3, -0.25) is 0 Å². The van der Waals surface area contributed by atoms with Crippen molar-refractivity contribution < 1.29 is 9.53 Å². The normalized spacial score (nSPS) is 9.93. The highest BCUT2D eigenvalue weighted by molar-refractivity contribution is 14.1. The van der Waals surface area contributed by atoms with Crippen LogP contribution in [0, 0.1) is 3.57 Å². The van der Waals surface area contributed by atoms with Crippen molar-refractivity contribution in [1.29, 1.82) is 0 Å². The Morgan fingerprint density at radius 3 is 2.86 bits per heavy atom. The Morgan fingerprint density at radius 2 is 2.29 bits per heavy atom. The number of esters is 1. The zero-order chi connectivity index (χ0) is 10.7. The van der Waals surface area contributed by atoms with E-state index in [0.717, 1.165) is 3.57 Å². The van der Waals surface area contributed by atoms with Gasteiger partial charge >= 0.3 is 5.97 Å². The molecule has 0 unspecified atom stereocenters. The van der Waals surface area contributed by atoms with Crippen LogP contribution in [0.3, 0.4) is 0 Å². The second-order valence-corrected chi connectivity index (χ2v) is 4.14. The van der Waals surface area contributed by atoms with Gasteiger partial charge < -0.3 is 10.5 Å². The maximum atomic E-state index is 11.4. The third kappa shape index (κ3) is 2.51. The van der Waals surface area contributed by atoms with E-state index in [0.29, 0.717) is 22.9 Å². The van der Waals surface area contributed by atoms with Crippen LogP contribution in [0.5, 0.6) is 0 Å². The molecule has 0 spiro atoms. The minimum absolute atomic E-state index is 0.331. The number of anilines is 1. The largest absolute Gasteiger partial charge is 0.462 e. The first-order chi connectivity index (χ1) is 6.56. The number of hydrogen-bond donors (Lipinski definition) is 1. The van der Waals surface area contributed by atoms with Crippen molar-refractivity contribution in [2.75, 3.05) is 12.3 Å². The van der Waals surface area contributed by atoms with Crippen molar-refractivity contribution in [3.8, 4) is 0 Å². The fourth-order valence-electron chi connectivity index (χ4n) is 0.948. The van der Waals surface area contributed by atoms with E-state index in [9.17, 15) is 4.79 Å². The molecule has 0 aliphatic heterocycles. The molecule has 0 aliphatic carbocycles. The maximum Gasteiger partial charge on any atom is 0.340 e. The highest BCUT2D eigenvalue weighted by Gasteiger charge is 2.12. The molecule has 5 heteroatoms. The van der Waals surface area contributed by atoms with Crippen molar-refractivity contribution in [3.05, 3.63) is 26.3 Å². The molecule has 76 valence electrons. The van der Waals surface area contributed by atoms with E-state index >= 15 is 0 Å². The number of ether oxygens (including phenoxy) is 1. The summed E-state index contributed by atoms with van der Waals surface area (Å²) in [4.78, 5) is 11.4. The summed E-state index contributed by atoms with van der Waals surface area (Å²) in [6, 6.07) is 3.17. The van der Waals surface area contributed by atoms with Gasteiger partial charge in [0.05, 0.1) is 17.2 Å². The molecule has 0 aliphatic rings. The maximum absolute atomic E-state index is 11.4. The summed E-state index contributed by atoms with van der Waals surface area (Å²) in [6.45, 7) is 2.08. The predicted octanol–water partition coefficient (Wildman–Crippen LogP) is 2.70. The second kappa shape index (κ2) is 4.84. The lowest BCUT2D eigenvalue weighted by Gasteiger charge is -2.06. The van der Waals surface area contributed by atoms with Gasteiger partial charge in [-0.1, -0.05) is 11.6 Å². The Bertz CT molecular complexity index is 368. The quantitative estimate of drug-likeness (QED) is 0.517. The number of carbonyl (C=O) groups excluding carboxylic acids is 1. The zero-order valence-corrected chi connectivity index (χ0v) is 10.4. The highest BCUT2D eigenvalue weighted by atomic mass is 127. The fraction of sp³-hybridized carbons (Fsp3) is 0.222. The van der Waals surface area contributed by atoms with Crippen molar-refractivity contribution >= 4 is 45.8 Å². The number of benzene rings is 1. The molecule has 0 amide bonds. The summed E-state index contributed by atoms with van der Waals surface area (Å²) < 4.78 is 5.62. The summed E-state index contributed by atoms with van der Waals surface area (Å²) in [6.07, 6.45) is 0. The minimum Gasteiger partial charge on any atom is -0.462 e. The summed E-state index contributed by atoms with van der Waals surface area (Å²) in [5.41, 5.74) is 6.34. The van der Waals surface area contributed by atoms with E-state index in [1.165, 1.54) is 0 Å². The highest BCUT2D eigenvalue weighted by Crippen LogP contribution is 2.25. The molecule has 2 N–H and O–H groups in total. The van der Waals surface area contributed by atoms with Crippen LogP contribution in [-0.2, 0) is 4.74 Å². The Kier molecular flexibility index (Phi) is 4.00. The van der Waals surface area contributed by atoms with Crippen LogP contribution in [0.1, 0.15) is 17.3 Å². The molecule has 0 bridgehead atoms. The first kappa shape index (κ1) is 11.6. The van der Waals surface area contributed by atoms with Gasteiger partial charge in [0.15, 0.2) is 0 Å². The monoisotopic (exact) mass is 325 g/mol. The third-order valence-electron chi connectivity index (χ3n) is 1.59. The molecule has 0 heterocycles. The first-order valence-electron chi connectivity index (χ1n) is 3.98. The fourth-order valence-corrected chi connectivity index (χ4v) is 1.59. The Balaban J connectivity index is 3.09. The molecule has 0 radical (unpaired) electrons. The first-order valence-corrected chi connectivity index (χ1v) is 5.43. The average molecular weight is 326 g/mol. The number of nitrogens with two attached hydrogens (primary N) is 1. The van der Waals surface area contributed by atoms with E-state index in [4.69, 9.17) is 22.1 Å². The molecule has 3 nitrogen and oxygen atoms in total. The van der Waals surface area contributed by atoms with Gasteiger partial charge in [-0.05, 0) is 41.6 Å². The predicted molar refractivity (Wildman–Crippen MR) is 64.5 cm³/mol. The van der Waals surface area contributed by atoms with Crippen LogP contribution in [0.25, 0.3) is 0 Å². The van der Waals surface area contributed by atoms with E-state index in [1.807, 2.05) is 22.6 Å². The average Bonchev–Trinajstić information content (AvgIpc) is 2.11. The van der Waals surface area contributed by atoms with Gasteiger partial charge in [0.25, 0.3) is 0 Å². The molecular weight excluding hydrogens is 316 g/mol. The molecule has 1 aromatic rings. The van der Waals surface area contributed by atoms with Gasteiger partial charge in [0.2, 0.25) is 0 Å². The Morgan fingerprint density at radius 1 is 1.64 bits per heavy atom. The number of rotatable bonds is 2. The molecule has 0 saturated carbocycles. The van der Waals surface area contributed by atoms with Crippen LogP contribution in [-0.4, -0.2) is 12.6 Å². The molecule has 0 fully saturated rings. The second-order valence-electron chi connectivity index (χ2n) is 2.57. The molecule has 0 saturated heterocycles. The molecule has 1 aromatic carbocycles.